The molecule has 0 aliphatic heterocycles. The Morgan fingerprint density at radius 1 is 1.38 bits per heavy atom. The highest BCUT2D eigenvalue weighted by Gasteiger charge is 2.32. The van der Waals surface area contributed by atoms with Gasteiger partial charge in [-0.15, -0.1) is 0 Å². The van der Waals surface area contributed by atoms with Crippen molar-refractivity contribution in [3.05, 3.63) is 24.0 Å². The predicted molar refractivity (Wildman–Crippen MR) is 86.2 cm³/mol. The zero-order chi connectivity index (χ0) is 15.2. The number of nitrogens with two attached hydrogens (primary N) is 1. The Labute approximate surface area is 128 Å². The smallest absolute Gasteiger partial charge is 0.270 e. The average Bonchev–Trinajstić information content (AvgIpc) is 2.97. The third-order valence-corrected chi connectivity index (χ3v) is 4.69. The Morgan fingerprint density at radius 3 is 2.81 bits per heavy atom. The molecule has 0 saturated heterocycles. The zero-order valence-electron chi connectivity index (χ0n) is 13.4. The van der Waals surface area contributed by atoms with E-state index in [4.69, 9.17) is 5.73 Å². The van der Waals surface area contributed by atoms with E-state index in [0.29, 0.717) is 18.5 Å². The molecule has 2 unspecified atom stereocenters. The van der Waals surface area contributed by atoms with Crippen LogP contribution in [0, 0.1) is 5.92 Å². The van der Waals surface area contributed by atoms with Crippen LogP contribution < -0.4 is 5.73 Å². The summed E-state index contributed by atoms with van der Waals surface area (Å²) in [6.07, 6.45) is 7.75. The van der Waals surface area contributed by atoms with Gasteiger partial charge in [-0.2, -0.15) is 0 Å². The summed E-state index contributed by atoms with van der Waals surface area (Å²) in [7, 11) is 0. The highest BCUT2D eigenvalue weighted by Crippen LogP contribution is 2.29. The minimum atomic E-state index is 0.168. The standard InChI is InChI=1S/C17H29N3O/c1-3-11-19-12-7-10-16(19)17(21)20(4-2)15-9-6-5-8-14(15)13-18/h7,10,12,14-15H,3-6,8-9,11,13,18H2,1-2H3. The molecular formula is C17H29N3O. The molecule has 118 valence electrons. The van der Waals surface area contributed by atoms with Crippen molar-refractivity contribution in [3.8, 4) is 0 Å². The summed E-state index contributed by atoms with van der Waals surface area (Å²) in [5.41, 5.74) is 6.76. The lowest BCUT2D eigenvalue weighted by atomic mass is 9.83. The average molecular weight is 291 g/mol. The molecule has 0 radical (unpaired) electrons. The van der Waals surface area contributed by atoms with Gasteiger partial charge in [-0.05, 0) is 50.8 Å². The Morgan fingerprint density at radius 2 is 2.14 bits per heavy atom. The summed E-state index contributed by atoms with van der Waals surface area (Å²) in [4.78, 5) is 15.0. The molecule has 0 bridgehead atoms. The van der Waals surface area contributed by atoms with E-state index in [2.05, 4.69) is 23.3 Å². The van der Waals surface area contributed by atoms with Crippen LogP contribution in [0.1, 0.15) is 56.4 Å². The molecule has 2 rings (SSSR count). The first-order valence-electron chi connectivity index (χ1n) is 8.39. The van der Waals surface area contributed by atoms with Crippen molar-refractivity contribution < 1.29 is 4.79 Å². The van der Waals surface area contributed by atoms with E-state index in [9.17, 15) is 4.79 Å². The van der Waals surface area contributed by atoms with Gasteiger partial charge in [-0.1, -0.05) is 19.8 Å². The SMILES string of the molecule is CCCn1cccc1C(=O)N(CC)C1CCCCC1CN. The second-order valence-corrected chi connectivity index (χ2v) is 6.03. The van der Waals surface area contributed by atoms with Gasteiger partial charge in [0.2, 0.25) is 0 Å². The first-order chi connectivity index (χ1) is 10.2. The lowest BCUT2D eigenvalue weighted by Crippen LogP contribution is -2.48. The minimum Gasteiger partial charge on any atom is -0.344 e. The highest BCUT2D eigenvalue weighted by molar-refractivity contribution is 5.93. The number of rotatable bonds is 6. The van der Waals surface area contributed by atoms with Crippen LogP contribution in [0.25, 0.3) is 0 Å². The summed E-state index contributed by atoms with van der Waals surface area (Å²) in [6, 6.07) is 4.23. The first kappa shape index (κ1) is 16.1. The monoisotopic (exact) mass is 291 g/mol. The van der Waals surface area contributed by atoms with Crippen molar-refractivity contribution in [2.24, 2.45) is 11.7 Å². The molecule has 1 aromatic rings. The molecule has 21 heavy (non-hydrogen) atoms. The van der Waals surface area contributed by atoms with Crippen molar-refractivity contribution in [1.82, 2.24) is 9.47 Å². The number of aromatic nitrogens is 1. The van der Waals surface area contributed by atoms with Gasteiger partial charge in [0, 0.05) is 25.3 Å². The molecule has 1 heterocycles. The first-order valence-corrected chi connectivity index (χ1v) is 8.39. The van der Waals surface area contributed by atoms with Crippen LogP contribution in [0.5, 0.6) is 0 Å². The van der Waals surface area contributed by atoms with E-state index in [1.54, 1.807) is 0 Å². The third kappa shape index (κ3) is 3.49. The van der Waals surface area contributed by atoms with Gasteiger partial charge < -0.3 is 15.2 Å². The summed E-state index contributed by atoms with van der Waals surface area (Å²) in [5, 5.41) is 0. The molecular weight excluding hydrogens is 262 g/mol. The van der Waals surface area contributed by atoms with Gasteiger partial charge in [-0.3, -0.25) is 4.79 Å². The largest absolute Gasteiger partial charge is 0.344 e. The van der Waals surface area contributed by atoms with E-state index in [1.165, 1.54) is 12.8 Å². The minimum absolute atomic E-state index is 0.168. The van der Waals surface area contributed by atoms with Gasteiger partial charge in [0.25, 0.3) is 5.91 Å². The predicted octanol–water partition coefficient (Wildman–Crippen LogP) is 2.88. The van der Waals surface area contributed by atoms with E-state index in [1.807, 2.05) is 18.3 Å². The van der Waals surface area contributed by atoms with Crippen LogP contribution in [0.3, 0.4) is 0 Å². The summed E-state index contributed by atoms with van der Waals surface area (Å²) < 4.78 is 2.07. The van der Waals surface area contributed by atoms with Crippen LogP contribution >= 0.6 is 0 Å². The lowest BCUT2D eigenvalue weighted by Gasteiger charge is -2.39. The normalized spacial score (nSPS) is 22.2. The summed E-state index contributed by atoms with van der Waals surface area (Å²) >= 11 is 0. The van der Waals surface area contributed by atoms with Crippen LogP contribution in [-0.2, 0) is 6.54 Å². The van der Waals surface area contributed by atoms with Gasteiger partial charge in [0.15, 0.2) is 0 Å². The van der Waals surface area contributed by atoms with E-state index < -0.39 is 0 Å². The number of carbonyl (C=O) groups excluding carboxylic acids is 1. The Kier molecular flexibility index (Phi) is 5.85. The molecule has 1 aliphatic carbocycles. The molecule has 1 saturated carbocycles. The number of carbonyl (C=O) groups is 1. The van der Waals surface area contributed by atoms with Crippen LogP contribution in [0.15, 0.2) is 18.3 Å². The van der Waals surface area contributed by atoms with Crippen molar-refractivity contribution >= 4 is 5.91 Å². The Balaban J connectivity index is 2.19. The topological polar surface area (TPSA) is 51.3 Å². The molecule has 4 nitrogen and oxygen atoms in total. The van der Waals surface area contributed by atoms with Crippen molar-refractivity contribution in [2.45, 2.75) is 58.5 Å². The van der Waals surface area contributed by atoms with Gasteiger partial charge in [0.05, 0.1) is 0 Å². The molecule has 1 aromatic heterocycles. The number of hydrogen-bond acceptors (Lipinski definition) is 2. The molecule has 4 heteroatoms. The number of aryl methyl sites for hydroxylation is 1. The van der Waals surface area contributed by atoms with Crippen molar-refractivity contribution in [2.75, 3.05) is 13.1 Å². The molecule has 2 atom stereocenters. The van der Waals surface area contributed by atoms with Gasteiger partial charge in [0.1, 0.15) is 5.69 Å². The van der Waals surface area contributed by atoms with Crippen LogP contribution in [0.2, 0.25) is 0 Å². The molecule has 0 aromatic carbocycles. The fourth-order valence-electron chi connectivity index (χ4n) is 3.59. The van der Waals surface area contributed by atoms with Crippen LogP contribution in [-0.4, -0.2) is 34.5 Å². The number of amides is 1. The maximum atomic E-state index is 13.0. The van der Waals surface area contributed by atoms with Crippen molar-refractivity contribution in [3.63, 3.8) is 0 Å². The maximum Gasteiger partial charge on any atom is 0.270 e. The summed E-state index contributed by atoms with van der Waals surface area (Å²) in [5.74, 6) is 0.624. The van der Waals surface area contributed by atoms with Crippen molar-refractivity contribution in [1.29, 1.82) is 0 Å². The fourth-order valence-corrected chi connectivity index (χ4v) is 3.59. The number of nitrogens with zero attached hydrogens (tertiary/aromatic N) is 2. The maximum absolute atomic E-state index is 13.0. The summed E-state index contributed by atoms with van der Waals surface area (Å²) in [6.45, 7) is 6.56. The second-order valence-electron chi connectivity index (χ2n) is 6.03. The molecule has 1 aliphatic rings. The number of hydrogen-bond donors (Lipinski definition) is 1. The van der Waals surface area contributed by atoms with E-state index in [0.717, 1.165) is 38.0 Å². The molecule has 1 fully saturated rings. The molecule has 1 amide bonds. The molecule has 2 N–H and O–H groups in total. The lowest BCUT2D eigenvalue weighted by molar-refractivity contribution is 0.0549. The van der Waals surface area contributed by atoms with E-state index >= 15 is 0 Å². The zero-order valence-corrected chi connectivity index (χ0v) is 13.4. The quantitative estimate of drug-likeness (QED) is 0.876. The van der Waals surface area contributed by atoms with Gasteiger partial charge >= 0.3 is 0 Å². The Hall–Kier alpha value is -1.29. The van der Waals surface area contributed by atoms with E-state index in [-0.39, 0.29) is 5.91 Å². The van der Waals surface area contributed by atoms with Gasteiger partial charge in [-0.25, -0.2) is 0 Å². The third-order valence-electron chi connectivity index (χ3n) is 4.69. The Bertz CT molecular complexity index is 455. The van der Waals surface area contributed by atoms with Crippen LogP contribution in [0.4, 0.5) is 0 Å². The highest BCUT2D eigenvalue weighted by atomic mass is 16.2. The molecule has 0 spiro atoms. The second kappa shape index (κ2) is 7.64. The fraction of sp³-hybridized carbons (Fsp3) is 0.706.